The Labute approximate surface area is 107 Å². The van der Waals surface area contributed by atoms with Gasteiger partial charge in [-0.2, -0.15) is 13.2 Å². The molecule has 0 amide bonds. The molecule has 0 rings (SSSR count). The highest BCUT2D eigenvalue weighted by atomic mass is 19.4. The predicted molar refractivity (Wildman–Crippen MR) is 71.2 cm³/mol. The van der Waals surface area contributed by atoms with Crippen LogP contribution in [0.15, 0.2) is 60.8 Å². The van der Waals surface area contributed by atoms with Crippen LogP contribution in [0.3, 0.4) is 0 Å². The van der Waals surface area contributed by atoms with Gasteiger partial charge in [-0.05, 0) is 29.6 Å². The minimum Gasteiger partial charge on any atom is -0.166 e. The molecule has 0 N–H and O–H groups in total. The van der Waals surface area contributed by atoms with Gasteiger partial charge >= 0.3 is 6.18 Å². The summed E-state index contributed by atoms with van der Waals surface area (Å²) in [5.41, 5.74) is 0.551. The van der Waals surface area contributed by atoms with Gasteiger partial charge in [0.25, 0.3) is 0 Å². The molecule has 0 heterocycles. The lowest BCUT2D eigenvalue weighted by molar-refractivity contribution is -0.0883. The summed E-state index contributed by atoms with van der Waals surface area (Å²) in [4.78, 5) is 0. The molecule has 0 radical (unpaired) electrons. The molecule has 0 spiro atoms. The van der Waals surface area contributed by atoms with Crippen molar-refractivity contribution in [2.45, 2.75) is 26.4 Å². The molecule has 0 aliphatic carbocycles. The topological polar surface area (TPSA) is 0 Å². The average molecular weight is 256 g/mol. The summed E-state index contributed by atoms with van der Waals surface area (Å²) in [7, 11) is 0. The molecule has 100 valence electrons. The number of rotatable bonds is 6. The summed E-state index contributed by atoms with van der Waals surface area (Å²) in [6.07, 6.45) is 0.705. The number of hydrogen-bond donors (Lipinski definition) is 0. The molecule has 0 nitrogen and oxygen atoms in total. The van der Waals surface area contributed by atoms with E-state index in [1.54, 1.807) is 0 Å². The van der Waals surface area contributed by atoms with Gasteiger partial charge in [-0.1, -0.05) is 45.2 Å². The van der Waals surface area contributed by atoms with Gasteiger partial charge in [0.05, 0.1) is 5.57 Å². The third kappa shape index (κ3) is 5.71. The van der Waals surface area contributed by atoms with E-state index < -0.39 is 11.7 Å². The maximum absolute atomic E-state index is 12.6. The number of halogens is 3. The summed E-state index contributed by atoms with van der Waals surface area (Å²) in [6.45, 7) is 14.7. The van der Waals surface area contributed by atoms with Gasteiger partial charge in [-0.15, -0.1) is 6.58 Å². The molecular weight excluding hydrogens is 237 g/mol. The molecule has 0 aliphatic rings. The normalized spacial score (nSPS) is 13.1. The lowest BCUT2D eigenvalue weighted by Crippen LogP contribution is -2.10. The molecule has 0 atom stereocenters. The molecule has 0 aromatic carbocycles. The maximum atomic E-state index is 12.6. The van der Waals surface area contributed by atoms with Crippen LogP contribution in [-0.4, -0.2) is 6.18 Å². The molecule has 0 fully saturated rings. The molecule has 0 aromatic heterocycles. The third-order valence-corrected chi connectivity index (χ3v) is 2.41. The fourth-order valence-corrected chi connectivity index (χ4v) is 1.16. The largest absolute Gasteiger partial charge is 0.416 e. The van der Waals surface area contributed by atoms with Gasteiger partial charge in [-0.25, -0.2) is 0 Å². The van der Waals surface area contributed by atoms with E-state index in [1.165, 1.54) is 12.2 Å². The van der Waals surface area contributed by atoms with E-state index in [1.807, 2.05) is 13.8 Å². The number of alkyl halides is 3. The first-order valence-corrected chi connectivity index (χ1v) is 5.64. The Kier molecular flexibility index (Phi) is 6.45. The standard InChI is InChI=1S/C15H19F3/c1-6-7-8-14(15(16,17)18)10-9-12(4)13(5)11(2)3/h6,8-11H,1,4-5,7H2,2-3H3/b10-9-,14-8+. The molecule has 0 aromatic rings. The van der Waals surface area contributed by atoms with Crippen LogP contribution in [0.5, 0.6) is 0 Å². The van der Waals surface area contributed by atoms with Crippen LogP contribution in [0.1, 0.15) is 20.3 Å². The van der Waals surface area contributed by atoms with Gasteiger partial charge in [0.15, 0.2) is 0 Å². The second kappa shape index (κ2) is 7.04. The van der Waals surface area contributed by atoms with Crippen molar-refractivity contribution in [3.05, 3.63) is 60.8 Å². The predicted octanol–water partition coefficient (Wildman–Crippen LogP) is 5.38. The quantitative estimate of drug-likeness (QED) is 0.442. The monoisotopic (exact) mass is 256 g/mol. The van der Waals surface area contributed by atoms with Crippen LogP contribution in [0.4, 0.5) is 13.2 Å². The van der Waals surface area contributed by atoms with Crippen LogP contribution >= 0.6 is 0 Å². The molecule has 0 saturated carbocycles. The molecule has 0 saturated heterocycles. The van der Waals surface area contributed by atoms with Gasteiger partial charge in [0.2, 0.25) is 0 Å². The van der Waals surface area contributed by atoms with E-state index >= 15 is 0 Å². The van der Waals surface area contributed by atoms with E-state index in [2.05, 4.69) is 19.7 Å². The Bertz CT molecular complexity index is 379. The van der Waals surface area contributed by atoms with E-state index in [4.69, 9.17) is 0 Å². The van der Waals surface area contributed by atoms with Gasteiger partial charge in [-0.3, -0.25) is 0 Å². The molecular formula is C15H19F3. The van der Waals surface area contributed by atoms with Crippen LogP contribution in [0, 0.1) is 5.92 Å². The second-order valence-electron chi connectivity index (χ2n) is 4.22. The van der Waals surface area contributed by atoms with E-state index in [-0.39, 0.29) is 12.3 Å². The van der Waals surface area contributed by atoms with Crippen molar-refractivity contribution < 1.29 is 13.2 Å². The Morgan fingerprint density at radius 2 is 1.72 bits per heavy atom. The summed E-state index contributed by atoms with van der Waals surface area (Å²) in [6, 6.07) is 0. The van der Waals surface area contributed by atoms with Crippen molar-refractivity contribution in [3.8, 4) is 0 Å². The first-order chi connectivity index (χ1) is 8.20. The van der Waals surface area contributed by atoms with E-state index in [9.17, 15) is 13.2 Å². The fraction of sp³-hybridized carbons (Fsp3) is 0.333. The minimum absolute atomic E-state index is 0.161. The van der Waals surface area contributed by atoms with Gasteiger partial charge < -0.3 is 0 Å². The fourth-order valence-electron chi connectivity index (χ4n) is 1.16. The molecule has 0 unspecified atom stereocenters. The number of hydrogen-bond acceptors (Lipinski definition) is 0. The average Bonchev–Trinajstić information content (AvgIpc) is 2.25. The Morgan fingerprint density at radius 1 is 1.17 bits per heavy atom. The zero-order chi connectivity index (χ0) is 14.3. The van der Waals surface area contributed by atoms with Crippen LogP contribution in [0.25, 0.3) is 0 Å². The summed E-state index contributed by atoms with van der Waals surface area (Å²) in [5.74, 6) is 0.161. The highest BCUT2D eigenvalue weighted by Gasteiger charge is 2.31. The van der Waals surface area contributed by atoms with Gasteiger partial charge in [0.1, 0.15) is 0 Å². The Balaban J connectivity index is 4.95. The zero-order valence-electron chi connectivity index (χ0n) is 10.8. The highest BCUT2D eigenvalue weighted by Crippen LogP contribution is 2.28. The maximum Gasteiger partial charge on any atom is 0.416 e. The lowest BCUT2D eigenvalue weighted by atomic mass is 9.97. The van der Waals surface area contributed by atoms with Crippen LogP contribution in [-0.2, 0) is 0 Å². The molecule has 0 bridgehead atoms. The van der Waals surface area contributed by atoms with Crippen LogP contribution in [0.2, 0.25) is 0 Å². The van der Waals surface area contributed by atoms with Crippen LogP contribution < -0.4 is 0 Å². The zero-order valence-corrected chi connectivity index (χ0v) is 10.8. The SMILES string of the molecule is C=CC/C=C(\C=C/C(=C)C(=C)C(C)C)C(F)(F)F. The van der Waals surface area contributed by atoms with Gasteiger partial charge in [0, 0.05) is 0 Å². The summed E-state index contributed by atoms with van der Waals surface area (Å²) in [5, 5.41) is 0. The molecule has 3 heteroatoms. The van der Waals surface area contributed by atoms with Crippen molar-refractivity contribution in [2.75, 3.05) is 0 Å². The second-order valence-corrected chi connectivity index (χ2v) is 4.22. The van der Waals surface area contributed by atoms with Crippen molar-refractivity contribution in [1.82, 2.24) is 0 Å². The van der Waals surface area contributed by atoms with E-state index in [0.717, 1.165) is 17.7 Å². The molecule has 0 aliphatic heterocycles. The molecule has 18 heavy (non-hydrogen) atoms. The summed E-state index contributed by atoms with van der Waals surface area (Å²) >= 11 is 0. The first kappa shape index (κ1) is 16.5. The Morgan fingerprint density at radius 3 is 2.11 bits per heavy atom. The van der Waals surface area contributed by atoms with Crippen molar-refractivity contribution >= 4 is 0 Å². The van der Waals surface area contributed by atoms with Crippen molar-refractivity contribution in [1.29, 1.82) is 0 Å². The Hall–Kier alpha value is -1.51. The minimum atomic E-state index is -4.36. The lowest BCUT2D eigenvalue weighted by Gasteiger charge is -2.10. The first-order valence-electron chi connectivity index (χ1n) is 5.64. The number of allylic oxidation sites excluding steroid dienone is 7. The highest BCUT2D eigenvalue weighted by molar-refractivity contribution is 5.40. The summed E-state index contributed by atoms with van der Waals surface area (Å²) < 4.78 is 37.9. The van der Waals surface area contributed by atoms with E-state index in [0.29, 0.717) is 5.57 Å². The third-order valence-electron chi connectivity index (χ3n) is 2.41. The van der Waals surface area contributed by atoms with Crippen molar-refractivity contribution in [3.63, 3.8) is 0 Å². The smallest absolute Gasteiger partial charge is 0.166 e. The van der Waals surface area contributed by atoms with Crippen molar-refractivity contribution in [2.24, 2.45) is 5.92 Å².